The molecule has 7 N–H and O–H groups in total. The predicted octanol–water partition coefficient (Wildman–Crippen LogP) is 1.40. The van der Waals surface area contributed by atoms with Gasteiger partial charge in [0.05, 0.1) is 18.2 Å². The molecule has 1 aliphatic rings. The number of ether oxygens (including phenoxy) is 1. The number of nitrogens with zero attached hydrogens (tertiary/aromatic N) is 5. The number of carbonyl (C=O) groups excluding carboxylic acids is 3. The number of hydrogen-bond donors (Lipinski definition) is 5. The van der Waals surface area contributed by atoms with Gasteiger partial charge in [-0.05, 0) is 53.6 Å². The Bertz CT molecular complexity index is 1780. The maximum absolute atomic E-state index is 13.5. The smallest absolute Gasteiger partial charge is 0.338 e. The molecule has 2 amide bonds. The van der Waals surface area contributed by atoms with E-state index in [1.807, 2.05) is 37.3 Å². The lowest BCUT2D eigenvalue weighted by atomic mass is 9.98. The Kier molecular flexibility index (Phi) is 8.90. The molecule has 4 aromatic rings. The minimum absolute atomic E-state index is 0.0172. The first-order valence-electron chi connectivity index (χ1n) is 13.8. The average molecular weight is 597 g/mol. The summed E-state index contributed by atoms with van der Waals surface area (Å²) in [7, 11) is 0. The summed E-state index contributed by atoms with van der Waals surface area (Å²) >= 11 is 0. The SMILES string of the molecule is C=CCOC(=O)c1ccc2c(c1C)CC[C@@H]2NC(=O)c1cc(C(=O)NCc2cccc(CN=C(N)NN)c2)nc2ncnn12. The van der Waals surface area contributed by atoms with Crippen LogP contribution in [0.4, 0.5) is 0 Å². The molecule has 0 spiro atoms. The third-order valence-electron chi connectivity index (χ3n) is 7.29. The molecule has 0 radical (unpaired) electrons. The van der Waals surface area contributed by atoms with Gasteiger partial charge in [0.15, 0.2) is 0 Å². The van der Waals surface area contributed by atoms with Crippen LogP contribution < -0.4 is 27.6 Å². The Hall–Kier alpha value is -5.63. The van der Waals surface area contributed by atoms with E-state index in [1.165, 1.54) is 23.0 Å². The maximum Gasteiger partial charge on any atom is 0.338 e. The zero-order valence-corrected chi connectivity index (χ0v) is 24.0. The highest BCUT2D eigenvalue weighted by Crippen LogP contribution is 2.35. The van der Waals surface area contributed by atoms with Crippen LogP contribution in [-0.4, -0.2) is 49.9 Å². The first-order chi connectivity index (χ1) is 21.3. The number of rotatable bonds is 10. The number of esters is 1. The van der Waals surface area contributed by atoms with Crippen LogP contribution >= 0.6 is 0 Å². The number of carbonyl (C=O) groups is 3. The highest BCUT2D eigenvalue weighted by molar-refractivity contribution is 5.98. The van der Waals surface area contributed by atoms with Gasteiger partial charge in [-0.1, -0.05) is 43.0 Å². The van der Waals surface area contributed by atoms with E-state index in [4.69, 9.17) is 16.3 Å². The van der Waals surface area contributed by atoms with E-state index in [2.05, 4.69) is 42.7 Å². The molecule has 0 aliphatic heterocycles. The summed E-state index contributed by atoms with van der Waals surface area (Å²) in [6.07, 6.45) is 4.11. The fourth-order valence-electron chi connectivity index (χ4n) is 5.12. The molecule has 0 unspecified atom stereocenters. The number of fused-ring (bicyclic) bond motifs is 2. The summed E-state index contributed by atoms with van der Waals surface area (Å²) in [6.45, 7) is 6.10. The number of benzene rings is 2. The summed E-state index contributed by atoms with van der Waals surface area (Å²) in [5.41, 5.74) is 12.9. The van der Waals surface area contributed by atoms with Gasteiger partial charge in [-0.25, -0.2) is 20.6 Å². The molecule has 2 aromatic heterocycles. The Morgan fingerprint density at radius 1 is 1.18 bits per heavy atom. The standard InChI is InChI=1S/C30H32N10O4/c1-3-11-44-28(43)21-7-8-22-20(17(21)2)9-10-23(22)37-27(42)25-13-24(38-30-35-16-36-40(25)30)26(41)33-14-18-5-4-6-19(12-18)15-34-29(31)39-32/h3-8,12-13,16,23H,1,9-11,14-15,32H2,2H3,(H,33,41)(H,37,42)(H3,31,34,39)/t23-/m0/s1. The van der Waals surface area contributed by atoms with Crippen molar-refractivity contribution < 1.29 is 19.1 Å². The second-order valence-electron chi connectivity index (χ2n) is 10.1. The second-order valence-corrected chi connectivity index (χ2v) is 10.1. The molecule has 0 bridgehead atoms. The average Bonchev–Trinajstić information content (AvgIpc) is 3.68. The van der Waals surface area contributed by atoms with E-state index in [0.717, 1.165) is 27.8 Å². The van der Waals surface area contributed by atoms with Gasteiger partial charge in [-0.3, -0.25) is 15.0 Å². The van der Waals surface area contributed by atoms with Gasteiger partial charge in [0.1, 0.15) is 24.3 Å². The van der Waals surface area contributed by atoms with Gasteiger partial charge in [0.2, 0.25) is 5.96 Å². The van der Waals surface area contributed by atoms with Crippen LogP contribution in [-0.2, 0) is 24.2 Å². The van der Waals surface area contributed by atoms with Crippen molar-refractivity contribution >= 4 is 29.5 Å². The first-order valence-corrected chi connectivity index (χ1v) is 13.8. The number of aromatic nitrogens is 4. The second kappa shape index (κ2) is 13.1. The monoisotopic (exact) mass is 596 g/mol. The van der Waals surface area contributed by atoms with Crippen LogP contribution in [0.1, 0.15) is 71.6 Å². The van der Waals surface area contributed by atoms with Crippen molar-refractivity contribution in [1.82, 2.24) is 35.6 Å². The summed E-state index contributed by atoms with van der Waals surface area (Å²) < 4.78 is 6.49. The van der Waals surface area contributed by atoms with Crippen molar-refractivity contribution in [3.8, 4) is 0 Å². The van der Waals surface area contributed by atoms with Crippen LogP contribution in [0.3, 0.4) is 0 Å². The van der Waals surface area contributed by atoms with E-state index in [9.17, 15) is 14.4 Å². The molecule has 44 heavy (non-hydrogen) atoms. The minimum Gasteiger partial charge on any atom is -0.458 e. The number of hydrogen-bond acceptors (Lipinski definition) is 9. The van der Waals surface area contributed by atoms with E-state index in [0.29, 0.717) is 24.9 Å². The lowest BCUT2D eigenvalue weighted by molar-refractivity contribution is 0.0548. The van der Waals surface area contributed by atoms with Crippen LogP contribution in [0.15, 0.2) is 66.4 Å². The molecule has 1 atom stereocenters. The Morgan fingerprint density at radius 2 is 2.00 bits per heavy atom. The largest absolute Gasteiger partial charge is 0.458 e. The highest BCUT2D eigenvalue weighted by Gasteiger charge is 2.29. The van der Waals surface area contributed by atoms with E-state index in [1.54, 1.807) is 6.07 Å². The molecule has 0 fully saturated rings. The molecule has 14 nitrogen and oxygen atoms in total. The van der Waals surface area contributed by atoms with Gasteiger partial charge < -0.3 is 21.1 Å². The lowest BCUT2D eigenvalue weighted by Crippen LogP contribution is -2.37. The minimum atomic E-state index is -0.484. The van der Waals surface area contributed by atoms with Crippen LogP contribution in [0.2, 0.25) is 0 Å². The van der Waals surface area contributed by atoms with Crippen LogP contribution in [0.5, 0.6) is 0 Å². The van der Waals surface area contributed by atoms with Gasteiger partial charge in [0.25, 0.3) is 17.6 Å². The molecule has 2 heterocycles. The van der Waals surface area contributed by atoms with Crippen molar-refractivity contribution in [2.75, 3.05) is 6.61 Å². The van der Waals surface area contributed by atoms with Crippen LogP contribution in [0, 0.1) is 6.92 Å². The van der Waals surface area contributed by atoms with Gasteiger partial charge in [0, 0.05) is 12.6 Å². The molecule has 226 valence electrons. The van der Waals surface area contributed by atoms with Crippen molar-refractivity contribution in [3.05, 3.63) is 106 Å². The maximum atomic E-state index is 13.5. The fraction of sp³-hybridized carbons (Fsp3) is 0.233. The quantitative estimate of drug-likeness (QED) is 0.0444. The van der Waals surface area contributed by atoms with Crippen molar-refractivity contribution in [2.45, 2.75) is 38.9 Å². The zero-order chi connectivity index (χ0) is 31.2. The topological polar surface area (TPSA) is 204 Å². The number of amides is 2. The number of nitrogens with two attached hydrogens (primary N) is 2. The summed E-state index contributed by atoms with van der Waals surface area (Å²) in [5.74, 6) is 4.12. The molecule has 2 aromatic carbocycles. The summed E-state index contributed by atoms with van der Waals surface area (Å²) in [4.78, 5) is 51.6. The van der Waals surface area contributed by atoms with Gasteiger partial charge in [-0.15, -0.1) is 0 Å². The molecule has 14 heteroatoms. The zero-order valence-electron chi connectivity index (χ0n) is 24.0. The lowest BCUT2D eigenvalue weighted by Gasteiger charge is -2.16. The van der Waals surface area contributed by atoms with Crippen molar-refractivity contribution in [2.24, 2.45) is 16.6 Å². The van der Waals surface area contributed by atoms with Gasteiger partial charge in [-0.2, -0.15) is 14.6 Å². The van der Waals surface area contributed by atoms with Crippen LogP contribution in [0.25, 0.3) is 5.78 Å². The normalized spacial score (nSPS) is 14.1. The fourth-order valence-corrected chi connectivity index (χ4v) is 5.12. The first kappa shape index (κ1) is 29.8. The van der Waals surface area contributed by atoms with Crippen molar-refractivity contribution in [1.29, 1.82) is 0 Å². The van der Waals surface area contributed by atoms with E-state index < -0.39 is 17.8 Å². The number of aliphatic imine (C=N–C) groups is 1. The number of guanidine groups is 1. The van der Waals surface area contributed by atoms with E-state index in [-0.39, 0.29) is 42.3 Å². The molecule has 5 rings (SSSR count). The van der Waals surface area contributed by atoms with Gasteiger partial charge >= 0.3 is 5.97 Å². The third-order valence-corrected chi connectivity index (χ3v) is 7.29. The molecular formula is C30H32N10O4. The highest BCUT2D eigenvalue weighted by atomic mass is 16.5. The summed E-state index contributed by atoms with van der Waals surface area (Å²) in [6, 6.07) is 12.1. The Morgan fingerprint density at radius 3 is 2.80 bits per heavy atom. The van der Waals surface area contributed by atoms with E-state index >= 15 is 0 Å². The number of hydrazine groups is 1. The Labute approximate surface area is 252 Å². The van der Waals surface area contributed by atoms with Crippen molar-refractivity contribution in [3.63, 3.8) is 0 Å². The third kappa shape index (κ3) is 6.39. The molecule has 1 aliphatic carbocycles. The molecular weight excluding hydrogens is 564 g/mol. The Balaban J connectivity index is 1.31. The molecule has 0 saturated carbocycles. The summed E-state index contributed by atoms with van der Waals surface area (Å²) in [5, 5.41) is 10.0. The molecule has 0 saturated heterocycles. The number of nitrogens with one attached hydrogen (secondary N) is 3. The predicted molar refractivity (Wildman–Crippen MR) is 161 cm³/mol.